The van der Waals surface area contributed by atoms with Gasteiger partial charge >= 0.3 is 0 Å². The first-order valence-electron chi connectivity index (χ1n) is 5.80. The summed E-state index contributed by atoms with van der Waals surface area (Å²) in [6.07, 6.45) is 0. The zero-order valence-corrected chi connectivity index (χ0v) is 11.3. The SMILES string of the molecule is CNCc1ccc(COc2ccc(F)cc2C)s1. The zero-order chi connectivity index (χ0) is 13.0. The number of thiophene rings is 1. The molecule has 0 aliphatic rings. The van der Waals surface area contributed by atoms with Crippen molar-refractivity contribution in [3.8, 4) is 5.75 Å². The van der Waals surface area contributed by atoms with E-state index in [9.17, 15) is 4.39 Å². The molecule has 1 aromatic carbocycles. The average Bonchev–Trinajstić information content (AvgIpc) is 2.76. The van der Waals surface area contributed by atoms with Crippen LogP contribution in [0.15, 0.2) is 30.3 Å². The first kappa shape index (κ1) is 13.1. The van der Waals surface area contributed by atoms with Gasteiger partial charge in [0.05, 0.1) is 0 Å². The lowest BCUT2D eigenvalue weighted by Gasteiger charge is -2.07. The van der Waals surface area contributed by atoms with Gasteiger partial charge in [0.1, 0.15) is 18.2 Å². The summed E-state index contributed by atoms with van der Waals surface area (Å²) in [6, 6.07) is 8.74. The predicted octanol–water partition coefficient (Wildman–Crippen LogP) is 3.49. The van der Waals surface area contributed by atoms with Crippen LogP contribution in [0, 0.1) is 12.7 Å². The Labute approximate surface area is 110 Å². The molecular formula is C14H16FNOS. The molecule has 0 spiro atoms. The maximum absolute atomic E-state index is 12.9. The van der Waals surface area contributed by atoms with Crippen LogP contribution in [0.1, 0.15) is 15.3 Å². The van der Waals surface area contributed by atoms with Crippen LogP contribution in [0.5, 0.6) is 5.75 Å². The third-order valence-corrected chi connectivity index (χ3v) is 3.63. The highest BCUT2D eigenvalue weighted by molar-refractivity contribution is 7.11. The van der Waals surface area contributed by atoms with Crippen LogP contribution in [0.3, 0.4) is 0 Å². The fourth-order valence-corrected chi connectivity index (χ4v) is 2.64. The molecule has 0 amide bonds. The van der Waals surface area contributed by atoms with E-state index in [4.69, 9.17) is 4.74 Å². The van der Waals surface area contributed by atoms with Crippen LogP contribution in [0.4, 0.5) is 4.39 Å². The van der Waals surface area contributed by atoms with Gasteiger partial charge in [-0.3, -0.25) is 0 Å². The van der Waals surface area contributed by atoms with Gasteiger partial charge in [-0.2, -0.15) is 0 Å². The maximum Gasteiger partial charge on any atom is 0.123 e. The zero-order valence-electron chi connectivity index (χ0n) is 10.5. The maximum atomic E-state index is 12.9. The van der Waals surface area contributed by atoms with E-state index < -0.39 is 0 Å². The van der Waals surface area contributed by atoms with Crippen LogP contribution in [-0.4, -0.2) is 7.05 Å². The minimum Gasteiger partial charge on any atom is -0.488 e. The molecule has 2 aromatic rings. The fourth-order valence-electron chi connectivity index (χ4n) is 1.69. The lowest BCUT2D eigenvalue weighted by molar-refractivity contribution is 0.307. The highest BCUT2D eigenvalue weighted by atomic mass is 32.1. The molecule has 0 saturated heterocycles. The molecule has 4 heteroatoms. The van der Waals surface area contributed by atoms with Crippen molar-refractivity contribution < 1.29 is 9.13 Å². The second-order valence-electron chi connectivity index (χ2n) is 4.10. The van der Waals surface area contributed by atoms with Gasteiger partial charge in [-0.05, 0) is 49.9 Å². The molecule has 96 valence electrons. The van der Waals surface area contributed by atoms with E-state index in [0.29, 0.717) is 6.61 Å². The number of rotatable bonds is 5. The molecule has 0 aliphatic heterocycles. The van der Waals surface area contributed by atoms with Gasteiger partial charge < -0.3 is 10.1 Å². The Hall–Kier alpha value is -1.39. The second-order valence-corrected chi connectivity index (χ2v) is 5.35. The van der Waals surface area contributed by atoms with Gasteiger partial charge in [0.15, 0.2) is 0 Å². The van der Waals surface area contributed by atoms with Crippen molar-refractivity contribution in [2.45, 2.75) is 20.1 Å². The van der Waals surface area contributed by atoms with Crippen molar-refractivity contribution in [2.75, 3.05) is 7.05 Å². The monoisotopic (exact) mass is 265 g/mol. The highest BCUT2D eigenvalue weighted by Crippen LogP contribution is 2.22. The molecular weight excluding hydrogens is 249 g/mol. The minimum atomic E-state index is -0.229. The van der Waals surface area contributed by atoms with E-state index >= 15 is 0 Å². The third kappa shape index (κ3) is 3.31. The lowest BCUT2D eigenvalue weighted by Crippen LogP contribution is -2.02. The van der Waals surface area contributed by atoms with Crippen LogP contribution < -0.4 is 10.1 Å². The van der Waals surface area contributed by atoms with E-state index in [1.807, 2.05) is 14.0 Å². The number of ether oxygens (including phenoxy) is 1. The molecule has 1 N–H and O–H groups in total. The third-order valence-electron chi connectivity index (χ3n) is 2.58. The standard InChI is InChI=1S/C14H16FNOS/c1-10-7-11(15)3-6-14(10)17-9-13-5-4-12(18-13)8-16-2/h3-7,16H,8-9H2,1-2H3. The molecule has 0 unspecified atom stereocenters. The van der Waals surface area contributed by atoms with Crippen molar-refractivity contribution in [3.05, 3.63) is 51.5 Å². The largest absolute Gasteiger partial charge is 0.488 e. The highest BCUT2D eigenvalue weighted by Gasteiger charge is 2.04. The summed E-state index contributed by atoms with van der Waals surface area (Å²) < 4.78 is 18.6. The number of halogens is 1. The number of hydrogen-bond acceptors (Lipinski definition) is 3. The quantitative estimate of drug-likeness (QED) is 0.893. The van der Waals surface area contributed by atoms with Crippen LogP contribution >= 0.6 is 11.3 Å². The van der Waals surface area contributed by atoms with E-state index in [1.165, 1.54) is 21.9 Å². The summed E-state index contributed by atoms with van der Waals surface area (Å²) in [7, 11) is 1.93. The van der Waals surface area contributed by atoms with E-state index in [0.717, 1.165) is 17.9 Å². The number of hydrogen-bond donors (Lipinski definition) is 1. The van der Waals surface area contributed by atoms with Gasteiger partial charge in [0, 0.05) is 16.3 Å². The molecule has 1 aromatic heterocycles. The average molecular weight is 265 g/mol. The molecule has 18 heavy (non-hydrogen) atoms. The van der Waals surface area contributed by atoms with Gasteiger partial charge in [-0.1, -0.05) is 0 Å². The topological polar surface area (TPSA) is 21.3 Å². The molecule has 0 fully saturated rings. The Morgan fingerprint density at radius 3 is 2.72 bits per heavy atom. The summed E-state index contributed by atoms with van der Waals surface area (Å²) in [6.45, 7) is 3.25. The lowest BCUT2D eigenvalue weighted by atomic mass is 10.2. The fraction of sp³-hybridized carbons (Fsp3) is 0.286. The van der Waals surface area contributed by atoms with Crippen molar-refractivity contribution in [3.63, 3.8) is 0 Å². The molecule has 0 radical (unpaired) electrons. The molecule has 0 saturated carbocycles. The van der Waals surface area contributed by atoms with E-state index in [2.05, 4.69) is 17.4 Å². The van der Waals surface area contributed by atoms with Crippen molar-refractivity contribution in [1.29, 1.82) is 0 Å². The van der Waals surface area contributed by atoms with Crippen molar-refractivity contribution in [2.24, 2.45) is 0 Å². The molecule has 2 nitrogen and oxygen atoms in total. The van der Waals surface area contributed by atoms with Gasteiger partial charge in [0.25, 0.3) is 0 Å². The summed E-state index contributed by atoms with van der Waals surface area (Å²) >= 11 is 1.72. The summed E-state index contributed by atoms with van der Waals surface area (Å²) in [4.78, 5) is 2.45. The first-order chi connectivity index (χ1) is 8.69. The van der Waals surface area contributed by atoms with Gasteiger partial charge in [0.2, 0.25) is 0 Å². The number of nitrogens with one attached hydrogen (secondary N) is 1. The van der Waals surface area contributed by atoms with Crippen LogP contribution in [-0.2, 0) is 13.2 Å². The van der Waals surface area contributed by atoms with Gasteiger partial charge in [-0.25, -0.2) is 4.39 Å². The second kappa shape index (κ2) is 5.98. The Kier molecular flexibility index (Phi) is 4.33. The summed E-state index contributed by atoms with van der Waals surface area (Å²) in [5.41, 5.74) is 0.821. The van der Waals surface area contributed by atoms with Crippen LogP contribution in [0.25, 0.3) is 0 Å². The van der Waals surface area contributed by atoms with Gasteiger partial charge in [-0.15, -0.1) is 11.3 Å². The number of benzene rings is 1. The summed E-state index contributed by atoms with van der Waals surface area (Å²) in [5.74, 6) is 0.507. The van der Waals surface area contributed by atoms with Crippen LogP contribution in [0.2, 0.25) is 0 Å². The van der Waals surface area contributed by atoms with Crippen molar-refractivity contribution in [1.82, 2.24) is 5.32 Å². The first-order valence-corrected chi connectivity index (χ1v) is 6.62. The smallest absolute Gasteiger partial charge is 0.123 e. The Bertz CT molecular complexity index is 524. The van der Waals surface area contributed by atoms with Crippen molar-refractivity contribution >= 4 is 11.3 Å². The minimum absolute atomic E-state index is 0.229. The molecule has 0 atom stereocenters. The molecule has 0 aliphatic carbocycles. The summed E-state index contributed by atoms with van der Waals surface area (Å²) in [5, 5.41) is 3.11. The Balaban J connectivity index is 1.97. The Morgan fingerprint density at radius 1 is 1.22 bits per heavy atom. The van der Waals surface area contributed by atoms with E-state index in [-0.39, 0.29) is 5.82 Å². The Morgan fingerprint density at radius 2 is 2.00 bits per heavy atom. The van der Waals surface area contributed by atoms with E-state index in [1.54, 1.807) is 17.4 Å². The molecule has 2 rings (SSSR count). The predicted molar refractivity (Wildman–Crippen MR) is 72.6 cm³/mol. The molecule has 1 heterocycles. The number of aryl methyl sites for hydroxylation is 1. The molecule has 0 bridgehead atoms. The normalized spacial score (nSPS) is 10.6.